The molecule has 134 valence electrons. The highest BCUT2D eigenvalue weighted by atomic mass is 32.1. The molecule has 0 fully saturated rings. The van der Waals surface area contributed by atoms with E-state index < -0.39 is 0 Å². The van der Waals surface area contributed by atoms with Crippen molar-refractivity contribution in [2.75, 3.05) is 13.7 Å². The Kier molecular flexibility index (Phi) is 6.08. The van der Waals surface area contributed by atoms with Crippen LogP contribution in [-0.2, 0) is 16.0 Å². The van der Waals surface area contributed by atoms with Gasteiger partial charge in [-0.2, -0.15) is 0 Å². The summed E-state index contributed by atoms with van der Waals surface area (Å²) >= 11 is 1.66. The summed E-state index contributed by atoms with van der Waals surface area (Å²) in [4.78, 5) is 13.1. The van der Waals surface area contributed by atoms with Crippen LogP contribution in [0.4, 0.5) is 0 Å². The van der Waals surface area contributed by atoms with Crippen LogP contribution in [0.25, 0.3) is 21.6 Å². The molecule has 26 heavy (non-hydrogen) atoms. The summed E-state index contributed by atoms with van der Waals surface area (Å²) in [5.74, 6) is 0.633. The molecule has 3 aromatic rings. The number of carbonyl (C=O) groups excluding carboxylic acids is 1. The molecule has 0 saturated heterocycles. The summed E-state index contributed by atoms with van der Waals surface area (Å²) in [6.45, 7) is 2.80. The predicted octanol–water partition coefficient (Wildman–Crippen LogP) is 5.59. The van der Waals surface area contributed by atoms with Crippen molar-refractivity contribution in [1.29, 1.82) is 0 Å². The van der Waals surface area contributed by atoms with Gasteiger partial charge in [-0.25, -0.2) is 0 Å². The van der Waals surface area contributed by atoms with E-state index >= 15 is 0 Å². The molecular formula is C22H22O3S. The summed E-state index contributed by atoms with van der Waals surface area (Å²) in [6.07, 6.45) is 1.24. The predicted molar refractivity (Wildman–Crippen MR) is 107 cm³/mol. The molecule has 3 rings (SSSR count). The van der Waals surface area contributed by atoms with Crippen LogP contribution in [0.15, 0.2) is 60.0 Å². The van der Waals surface area contributed by atoms with Gasteiger partial charge in [-0.05, 0) is 46.2 Å². The van der Waals surface area contributed by atoms with E-state index in [1.807, 2.05) is 42.5 Å². The van der Waals surface area contributed by atoms with Gasteiger partial charge in [-0.15, -0.1) is 11.3 Å². The minimum absolute atomic E-state index is 0.232. The van der Waals surface area contributed by atoms with Crippen molar-refractivity contribution in [3.05, 3.63) is 65.5 Å². The highest BCUT2D eigenvalue weighted by molar-refractivity contribution is 7.14. The molecule has 0 atom stereocenters. The molecular weight excluding hydrogens is 344 g/mol. The molecule has 0 bridgehead atoms. The van der Waals surface area contributed by atoms with E-state index in [2.05, 4.69) is 24.4 Å². The highest BCUT2D eigenvalue weighted by Gasteiger charge is 2.18. The maximum atomic E-state index is 12.0. The van der Waals surface area contributed by atoms with E-state index in [0.29, 0.717) is 6.61 Å². The summed E-state index contributed by atoms with van der Waals surface area (Å²) in [6, 6.07) is 18.2. The summed E-state index contributed by atoms with van der Waals surface area (Å²) in [5, 5.41) is 2.11. The molecule has 3 nitrogen and oxygen atoms in total. The first-order valence-corrected chi connectivity index (χ1v) is 9.56. The Morgan fingerprint density at radius 1 is 1.00 bits per heavy atom. The molecule has 1 aromatic heterocycles. The van der Waals surface area contributed by atoms with Gasteiger partial charge in [0.1, 0.15) is 5.75 Å². The number of carbonyl (C=O) groups is 1. The van der Waals surface area contributed by atoms with Crippen LogP contribution in [0.1, 0.15) is 18.9 Å². The third kappa shape index (κ3) is 4.14. The van der Waals surface area contributed by atoms with E-state index in [1.165, 1.54) is 7.11 Å². The molecule has 0 amide bonds. The summed E-state index contributed by atoms with van der Waals surface area (Å²) in [7, 11) is 1.43. The number of benzene rings is 2. The van der Waals surface area contributed by atoms with Crippen molar-refractivity contribution < 1.29 is 14.3 Å². The zero-order chi connectivity index (χ0) is 18.4. The lowest BCUT2D eigenvalue weighted by atomic mass is 9.98. The van der Waals surface area contributed by atoms with Crippen LogP contribution in [-0.4, -0.2) is 19.7 Å². The molecule has 0 aliphatic rings. The zero-order valence-corrected chi connectivity index (χ0v) is 15.8. The Balaban J connectivity index is 1.98. The molecule has 4 heteroatoms. The monoisotopic (exact) mass is 366 g/mol. The maximum Gasteiger partial charge on any atom is 0.310 e. The van der Waals surface area contributed by atoms with Crippen molar-refractivity contribution in [3.8, 4) is 27.3 Å². The van der Waals surface area contributed by atoms with Gasteiger partial charge < -0.3 is 9.47 Å². The van der Waals surface area contributed by atoms with Gasteiger partial charge in [-0.3, -0.25) is 4.79 Å². The van der Waals surface area contributed by atoms with Gasteiger partial charge in [0.05, 0.1) is 20.1 Å². The number of hydrogen-bond acceptors (Lipinski definition) is 4. The second kappa shape index (κ2) is 8.68. The fourth-order valence-electron chi connectivity index (χ4n) is 2.80. The fraction of sp³-hybridized carbons (Fsp3) is 0.227. The van der Waals surface area contributed by atoms with Gasteiger partial charge in [0.2, 0.25) is 0 Å². The van der Waals surface area contributed by atoms with E-state index in [9.17, 15) is 4.79 Å². The molecule has 0 saturated carbocycles. The molecule has 2 aromatic carbocycles. The molecule has 0 N–H and O–H groups in total. The third-order valence-corrected chi connectivity index (χ3v) is 5.19. The first-order chi connectivity index (χ1) is 12.7. The standard InChI is InChI=1S/C22H22O3S/c1-3-13-25-18-11-9-16(10-12-18)20-15-26-22(17-7-5-4-6-8-17)19(20)14-21(23)24-2/h4-12,15H,3,13-14H2,1-2H3. The Hall–Kier alpha value is -2.59. The number of rotatable bonds is 7. The Morgan fingerprint density at radius 3 is 2.38 bits per heavy atom. The molecule has 0 spiro atoms. The van der Waals surface area contributed by atoms with Crippen LogP contribution in [0.2, 0.25) is 0 Å². The highest BCUT2D eigenvalue weighted by Crippen LogP contribution is 2.39. The van der Waals surface area contributed by atoms with Gasteiger partial charge >= 0.3 is 5.97 Å². The number of esters is 1. The molecule has 0 aliphatic heterocycles. The van der Waals surface area contributed by atoms with Gasteiger partial charge in [-0.1, -0.05) is 49.4 Å². The largest absolute Gasteiger partial charge is 0.494 e. The van der Waals surface area contributed by atoms with Crippen LogP contribution in [0, 0.1) is 0 Å². The van der Waals surface area contributed by atoms with Crippen molar-refractivity contribution in [3.63, 3.8) is 0 Å². The molecule has 1 heterocycles. The Labute approximate surface area is 158 Å². The van der Waals surface area contributed by atoms with Crippen LogP contribution in [0.5, 0.6) is 5.75 Å². The van der Waals surface area contributed by atoms with E-state index in [1.54, 1.807) is 11.3 Å². The van der Waals surface area contributed by atoms with Crippen LogP contribution in [0.3, 0.4) is 0 Å². The summed E-state index contributed by atoms with van der Waals surface area (Å²) in [5.41, 5.74) is 4.27. The number of hydrogen-bond donors (Lipinski definition) is 0. The third-order valence-electron chi connectivity index (χ3n) is 4.12. The van der Waals surface area contributed by atoms with E-state index in [-0.39, 0.29) is 12.4 Å². The summed E-state index contributed by atoms with van der Waals surface area (Å²) < 4.78 is 10.6. The molecule has 0 unspecified atom stereocenters. The second-order valence-corrected chi connectivity index (χ2v) is 6.83. The number of methoxy groups -OCH3 is 1. The van der Waals surface area contributed by atoms with Crippen LogP contribution >= 0.6 is 11.3 Å². The zero-order valence-electron chi connectivity index (χ0n) is 15.0. The number of ether oxygens (including phenoxy) is 2. The topological polar surface area (TPSA) is 35.5 Å². The minimum Gasteiger partial charge on any atom is -0.494 e. The fourth-order valence-corrected chi connectivity index (χ4v) is 3.91. The van der Waals surface area contributed by atoms with Crippen LogP contribution < -0.4 is 4.74 Å². The van der Waals surface area contributed by atoms with Gasteiger partial charge in [0, 0.05) is 4.88 Å². The van der Waals surface area contributed by atoms with Crippen molar-refractivity contribution in [1.82, 2.24) is 0 Å². The van der Waals surface area contributed by atoms with Crippen molar-refractivity contribution >= 4 is 17.3 Å². The lowest BCUT2D eigenvalue weighted by molar-refractivity contribution is -0.139. The average Bonchev–Trinajstić information content (AvgIpc) is 3.10. The smallest absolute Gasteiger partial charge is 0.310 e. The van der Waals surface area contributed by atoms with Gasteiger partial charge in [0.15, 0.2) is 0 Å². The van der Waals surface area contributed by atoms with Gasteiger partial charge in [0.25, 0.3) is 0 Å². The van der Waals surface area contributed by atoms with Crippen molar-refractivity contribution in [2.45, 2.75) is 19.8 Å². The molecule has 0 aliphatic carbocycles. The molecule has 0 radical (unpaired) electrons. The first-order valence-electron chi connectivity index (χ1n) is 8.68. The SMILES string of the molecule is CCCOc1ccc(-c2csc(-c3ccccc3)c2CC(=O)OC)cc1. The Morgan fingerprint density at radius 2 is 1.73 bits per heavy atom. The number of thiophene rings is 1. The second-order valence-electron chi connectivity index (χ2n) is 5.95. The van der Waals surface area contributed by atoms with E-state index in [0.717, 1.165) is 39.3 Å². The normalized spacial score (nSPS) is 10.5. The minimum atomic E-state index is -0.232. The van der Waals surface area contributed by atoms with E-state index in [4.69, 9.17) is 9.47 Å². The first kappa shape index (κ1) is 18.2. The van der Waals surface area contributed by atoms with Crippen molar-refractivity contribution in [2.24, 2.45) is 0 Å². The Bertz CT molecular complexity index is 851. The lowest BCUT2D eigenvalue weighted by Crippen LogP contribution is -2.05. The lowest BCUT2D eigenvalue weighted by Gasteiger charge is -2.09. The maximum absolute atomic E-state index is 12.0. The average molecular weight is 366 g/mol. The quantitative estimate of drug-likeness (QED) is 0.512.